The van der Waals surface area contributed by atoms with E-state index in [2.05, 4.69) is 10.6 Å². The SMILES string of the molecule is CC(=O)Nc1ccc(CC(=O)NCC(O)c2c(F)cccc2F)cc1. The lowest BCUT2D eigenvalue weighted by Crippen LogP contribution is -2.30. The fourth-order valence-corrected chi connectivity index (χ4v) is 2.30. The summed E-state index contributed by atoms with van der Waals surface area (Å²) < 4.78 is 27.1. The normalized spacial score (nSPS) is 11.7. The average Bonchev–Trinajstić information content (AvgIpc) is 2.54. The van der Waals surface area contributed by atoms with E-state index in [0.717, 1.165) is 12.1 Å². The maximum Gasteiger partial charge on any atom is 0.224 e. The van der Waals surface area contributed by atoms with Crippen LogP contribution in [0.4, 0.5) is 14.5 Å². The maximum absolute atomic E-state index is 13.6. The van der Waals surface area contributed by atoms with E-state index in [1.165, 1.54) is 13.0 Å². The first-order chi connectivity index (χ1) is 11.9. The fourth-order valence-electron chi connectivity index (χ4n) is 2.30. The number of aliphatic hydroxyl groups is 1. The Balaban J connectivity index is 1.89. The molecule has 0 aromatic heterocycles. The summed E-state index contributed by atoms with van der Waals surface area (Å²) in [6.45, 7) is 1.09. The van der Waals surface area contributed by atoms with E-state index in [1.54, 1.807) is 24.3 Å². The number of hydrogen-bond donors (Lipinski definition) is 3. The van der Waals surface area contributed by atoms with Gasteiger partial charge in [0.05, 0.1) is 12.0 Å². The Morgan fingerprint density at radius 1 is 1.08 bits per heavy atom. The molecule has 25 heavy (non-hydrogen) atoms. The fraction of sp³-hybridized carbons (Fsp3) is 0.222. The van der Waals surface area contributed by atoms with Crippen molar-refractivity contribution < 1.29 is 23.5 Å². The molecule has 1 unspecified atom stereocenters. The lowest BCUT2D eigenvalue weighted by atomic mass is 10.1. The molecule has 2 rings (SSSR count). The lowest BCUT2D eigenvalue weighted by Gasteiger charge is -2.14. The number of rotatable bonds is 6. The maximum atomic E-state index is 13.6. The quantitative estimate of drug-likeness (QED) is 0.750. The van der Waals surface area contributed by atoms with Crippen LogP contribution in [0.15, 0.2) is 42.5 Å². The molecule has 3 N–H and O–H groups in total. The molecular weight excluding hydrogens is 330 g/mol. The number of aliphatic hydroxyl groups excluding tert-OH is 1. The number of amides is 2. The van der Waals surface area contributed by atoms with Crippen LogP contribution in [-0.4, -0.2) is 23.5 Å². The van der Waals surface area contributed by atoms with Crippen molar-refractivity contribution in [1.82, 2.24) is 5.32 Å². The van der Waals surface area contributed by atoms with Crippen LogP contribution in [0, 0.1) is 11.6 Å². The molecule has 0 aliphatic carbocycles. The Labute approximate surface area is 143 Å². The number of anilines is 1. The van der Waals surface area contributed by atoms with Gasteiger partial charge in [0.15, 0.2) is 0 Å². The topological polar surface area (TPSA) is 78.4 Å². The van der Waals surface area contributed by atoms with Gasteiger partial charge in [0.25, 0.3) is 0 Å². The van der Waals surface area contributed by atoms with E-state index in [1.807, 2.05) is 0 Å². The van der Waals surface area contributed by atoms with Gasteiger partial charge in [0.1, 0.15) is 17.7 Å². The molecule has 0 bridgehead atoms. The molecule has 0 spiro atoms. The smallest absolute Gasteiger partial charge is 0.224 e. The summed E-state index contributed by atoms with van der Waals surface area (Å²) in [5.41, 5.74) is 0.836. The van der Waals surface area contributed by atoms with E-state index >= 15 is 0 Å². The van der Waals surface area contributed by atoms with Crippen molar-refractivity contribution in [3.63, 3.8) is 0 Å². The number of carbonyl (C=O) groups is 2. The van der Waals surface area contributed by atoms with Crippen molar-refractivity contribution >= 4 is 17.5 Å². The summed E-state index contributed by atoms with van der Waals surface area (Å²) in [4.78, 5) is 22.8. The minimum atomic E-state index is -1.48. The van der Waals surface area contributed by atoms with Gasteiger partial charge in [0, 0.05) is 19.2 Å². The van der Waals surface area contributed by atoms with Gasteiger partial charge in [-0.05, 0) is 29.8 Å². The largest absolute Gasteiger partial charge is 0.386 e. The second-order valence-electron chi connectivity index (χ2n) is 5.51. The molecule has 0 fully saturated rings. The van der Waals surface area contributed by atoms with Gasteiger partial charge in [0.2, 0.25) is 11.8 Å². The van der Waals surface area contributed by atoms with Crippen LogP contribution in [0.1, 0.15) is 24.2 Å². The van der Waals surface area contributed by atoms with Crippen molar-refractivity contribution in [3.05, 3.63) is 65.2 Å². The zero-order chi connectivity index (χ0) is 18.4. The van der Waals surface area contributed by atoms with E-state index < -0.39 is 29.2 Å². The predicted octanol–water partition coefficient (Wildman–Crippen LogP) is 2.32. The predicted molar refractivity (Wildman–Crippen MR) is 88.8 cm³/mol. The summed E-state index contributed by atoms with van der Waals surface area (Å²) in [7, 11) is 0. The third-order valence-electron chi connectivity index (χ3n) is 3.46. The van der Waals surface area contributed by atoms with Crippen LogP contribution in [0.2, 0.25) is 0 Å². The molecule has 0 saturated heterocycles. The Morgan fingerprint density at radius 2 is 1.68 bits per heavy atom. The van der Waals surface area contributed by atoms with E-state index in [-0.39, 0.29) is 18.9 Å². The van der Waals surface area contributed by atoms with Gasteiger partial charge in [-0.15, -0.1) is 0 Å². The Morgan fingerprint density at radius 3 is 2.24 bits per heavy atom. The standard InChI is InChI=1S/C18H18F2N2O3/c1-11(23)22-13-7-5-12(6-8-13)9-17(25)21-10-16(24)18-14(19)3-2-4-15(18)20/h2-8,16,24H,9-10H2,1H3,(H,21,25)(H,22,23). The highest BCUT2D eigenvalue weighted by molar-refractivity contribution is 5.88. The van der Waals surface area contributed by atoms with E-state index in [4.69, 9.17) is 0 Å². The van der Waals surface area contributed by atoms with Gasteiger partial charge >= 0.3 is 0 Å². The average molecular weight is 348 g/mol. The first kappa shape index (κ1) is 18.5. The Kier molecular flexibility index (Phi) is 6.19. The summed E-state index contributed by atoms with van der Waals surface area (Å²) in [6.07, 6.45) is -1.44. The van der Waals surface area contributed by atoms with Gasteiger partial charge in [-0.3, -0.25) is 9.59 Å². The van der Waals surface area contributed by atoms with Gasteiger partial charge in [-0.25, -0.2) is 8.78 Å². The highest BCUT2D eigenvalue weighted by atomic mass is 19.1. The molecule has 7 heteroatoms. The zero-order valence-corrected chi connectivity index (χ0v) is 13.6. The summed E-state index contributed by atoms with van der Waals surface area (Å²) >= 11 is 0. The van der Waals surface area contributed by atoms with Crippen molar-refractivity contribution in [2.24, 2.45) is 0 Å². The van der Waals surface area contributed by atoms with Gasteiger partial charge < -0.3 is 15.7 Å². The highest BCUT2D eigenvalue weighted by Crippen LogP contribution is 2.20. The molecule has 5 nitrogen and oxygen atoms in total. The van der Waals surface area contributed by atoms with Gasteiger partial charge in [-0.1, -0.05) is 18.2 Å². The van der Waals surface area contributed by atoms with Crippen molar-refractivity contribution in [3.8, 4) is 0 Å². The first-order valence-corrected chi connectivity index (χ1v) is 7.62. The highest BCUT2D eigenvalue weighted by Gasteiger charge is 2.18. The first-order valence-electron chi connectivity index (χ1n) is 7.62. The molecule has 0 radical (unpaired) electrons. The third-order valence-corrected chi connectivity index (χ3v) is 3.46. The number of benzene rings is 2. The van der Waals surface area contributed by atoms with E-state index in [0.29, 0.717) is 11.3 Å². The van der Waals surface area contributed by atoms with Gasteiger partial charge in [-0.2, -0.15) is 0 Å². The van der Waals surface area contributed by atoms with Crippen LogP contribution in [0.3, 0.4) is 0 Å². The second kappa shape index (κ2) is 8.34. The Hall–Kier alpha value is -2.80. The summed E-state index contributed by atoms with van der Waals surface area (Å²) in [5, 5.41) is 14.9. The third kappa shape index (κ3) is 5.36. The van der Waals surface area contributed by atoms with Crippen LogP contribution >= 0.6 is 0 Å². The van der Waals surface area contributed by atoms with E-state index in [9.17, 15) is 23.5 Å². The molecule has 0 aliphatic rings. The number of carbonyl (C=O) groups excluding carboxylic acids is 2. The summed E-state index contributed by atoms with van der Waals surface area (Å²) in [5.74, 6) is -2.33. The van der Waals surface area contributed by atoms with Crippen LogP contribution in [-0.2, 0) is 16.0 Å². The van der Waals surface area contributed by atoms with Crippen molar-refractivity contribution in [2.45, 2.75) is 19.4 Å². The minimum Gasteiger partial charge on any atom is -0.386 e. The zero-order valence-electron chi connectivity index (χ0n) is 13.6. The number of nitrogens with one attached hydrogen (secondary N) is 2. The molecule has 0 heterocycles. The van der Waals surface area contributed by atoms with Crippen molar-refractivity contribution in [2.75, 3.05) is 11.9 Å². The summed E-state index contributed by atoms with van der Waals surface area (Å²) in [6, 6.07) is 9.96. The monoisotopic (exact) mass is 348 g/mol. The number of hydrogen-bond acceptors (Lipinski definition) is 3. The Bertz CT molecular complexity index is 743. The molecule has 0 aliphatic heterocycles. The molecule has 2 aromatic carbocycles. The molecule has 2 aromatic rings. The lowest BCUT2D eigenvalue weighted by molar-refractivity contribution is -0.121. The molecular formula is C18H18F2N2O3. The molecule has 2 amide bonds. The number of halogens is 2. The van der Waals surface area contributed by atoms with Crippen LogP contribution < -0.4 is 10.6 Å². The van der Waals surface area contributed by atoms with Crippen molar-refractivity contribution in [1.29, 1.82) is 0 Å². The van der Waals surface area contributed by atoms with Crippen LogP contribution in [0.25, 0.3) is 0 Å². The minimum absolute atomic E-state index is 0.0345. The second-order valence-corrected chi connectivity index (χ2v) is 5.51. The molecule has 0 saturated carbocycles. The molecule has 132 valence electrons. The van der Waals surface area contributed by atoms with Crippen LogP contribution in [0.5, 0.6) is 0 Å². The molecule has 1 atom stereocenters.